The highest BCUT2D eigenvalue weighted by Crippen LogP contribution is 2.36. The van der Waals surface area contributed by atoms with Crippen LogP contribution in [0.1, 0.15) is 51.4 Å². The van der Waals surface area contributed by atoms with E-state index in [0.29, 0.717) is 11.8 Å². The lowest BCUT2D eigenvalue weighted by Crippen LogP contribution is -2.33. The highest BCUT2D eigenvalue weighted by atomic mass is 16.5. The fraction of sp³-hybridized carbons (Fsp3) is 0.941. The third-order valence-corrected chi connectivity index (χ3v) is 5.42. The van der Waals surface area contributed by atoms with Gasteiger partial charge >= 0.3 is 0 Å². The van der Waals surface area contributed by atoms with Crippen molar-refractivity contribution in [3.8, 4) is 0 Å². The Morgan fingerprint density at radius 1 is 1.10 bits per heavy atom. The van der Waals surface area contributed by atoms with Crippen LogP contribution in [0.5, 0.6) is 0 Å². The minimum absolute atomic E-state index is 0.0487. The topological polar surface area (TPSA) is 55.6 Å². The standard InChI is InChI=1S/C17H32N2O2/c1-21-11-10-19-12-15(16(13-19)17(18)20)14-8-6-4-2-3-5-7-9-14/h14-16H,2-13H2,1H3,(H2,18,20). The summed E-state index contributed by atoms with van der Waals surface area (Å²) in [6.07, 6.45) is 10.7. The van der Waals surface area contributed by atoms with Crippen molar-refractivity contribution in [2.75, 3.05) is 33.4 Å². The number of rotatable bonds is 5. The molecule has 21 heavy (non-hydrogen) atoms. The van der Waals surface area contributed by atoms with E-state index in [1.54, 1.807) is 7.11 Å². The van der Waals surface area contributed by atoms with Crippen molar-refractivity contribution in [1.29, 1.82) is 0 Å². The average molecular weight is 296 g/mol. The fourth-order valence-corrected chi connectivity index (χ4v) is 4.19. The van der Waals surface area contributed by atoms with Crippen molar-refractivity contribution in [2.45, 2.75) is 51.4 Å². The van der Waals surface area contributed by atoms with E-state index in [0.717, 1.165) is 26.2 Å². The lowest BCUT2D eigenvalue weighted by molar-refractivity contribution is -0.123. The number of likely N-dealkylation sites (tertiary alicyclic amines) is 1. The molecule has 0 bridgehead atoms. The molecule has 2 fully saturated rings. The summed E-state index contributed by atoms with van der Waals surface area (Å²) in [6.45, 7) is 3.52. The van der Waals surface area contributed by atoms with Gasteiger partial charge in [-0.2, -0.15) is 0 Å². The van der Waals surface area contributed by atoms with Gasteiger partial charge in [-0.05, 0) is 11.8 Å². The van der Waals surface area contributed by atoms with Gasteiger partial charge in [0.25, 0.3) is 0 Å². The normalized spacial score (nSPS) is 29.8. The maximum Gasteiger partial charge on any atom is 0.222 e. The van der Waals surface area contributed by atoms with Crippen molar-refractivity contribution < 1.29 is 9.53 Å². The number of nitrogens with zero attached hydrogens (tertiary/aromatic N) is 1. The summed E-state index contributed by atoms with van der Waals surface area (Å²) in [5, 5.41) is 0. The summed E-state index contributed by atoms with van der Waals surface area (Å²) >= 11 is 0. The first-order chi connectivity index (χ1) is 10.2. The average Bonchev–Trinajstić information content (AvgIpc) is 2.93. The Bertz CT molecular complexity index is 312. The number of hydrogen-bond acceptors (Lipinski definition) is 3. The Morgan fingerprint density at radius 3 is 2.29 bits per heavy atom. The maximum atomic E-state index is 11.9. The van der Waals surface area contributed by atoms with Crippen LogP contribution in [-0.4, -0.2) is 44.2 Å². The van der Waals surface area contributed by atoms with E-state index in [1.165, 1.54) is 51.4 Å². The number of hydrogen-bond donors (Lipinski definition) is 1. The second-order valence-electron chi connectivity index (χ2n) is 6.88. The molecule has 1 heterocycles. The summed E-state index contributed by atoms with van der Waals surface area (Å²) in [5.74, 6) is 1.11. The van der Waals surface area contributed by atoms with Crippen molar-refractivity contribution >= 4 is 5.91 Å². The van der Waals surface area contributed by atoms with E-state index in [-0.39, 0.29) is 11.8 Å². The van der Waals surface area contributed by atoms with Gasteiger partial charge in [-0.3, -0.25) is 9.69 Å². The van der Waals surface area contributed by atoms with E-state index in [2.05, 4.69) is 4.90 Å². The molecule has 1 aliphatic carbocycles. The summed E-state index contributed by atoms with van der Waals surface area (Å²) in [6, 6.07) is 0. The molecule has 2 unspecified atom stereocenters. The number of primary amides is 1. The zero-order valence-corrected chi connectivity index (χ0v) is 13.6. The first kappa shape index (κ1) is 16.8. The monoisotopic (exact) mass is 296 g/mol. The van der Waals surface area contributed by atoms with E-state index in [4.69, 9.17) is 10.5 Å². The zero-order chi connectivity index (χ0) is 15.1. The molecule has 0 aromatic rings. The van der Waals surface area contributed by atoms with Gasteiger partial charge in [0.2, 0.25) is 5.91 Å². The van der Waals surface area contributed by atoms with Gasteiger partial charge in [0.15, 0.2) is 0 Å². The highest BCUT2D eigenvalue weighted by molar-refractivity contribution is 5.77. The molecule has 1 saturated carbocycles. The Kier molecular flexibility index (Phi) is 6.97. The Balaban J connectivity index is 1.97. The van der Waals surface area contributed by atoms with Crippen molar-refractivity contribution in [3.05, 3.63) is 0 Å². The lowest BCUT2D eigenvalue weighted by atomic mass is 9.78. The van der Waals surface area contributed by atoms with Crippen LogP contribution in [0, 0.1) is 17.8 Å². The van der Waals surface area contributed by atoms with Crippen LogP contribution in [-0.2, 0) is 9.53 Å². The van der Waals surface area contributed by atoms with Gasteiger partial charge in [-0.1, -0.05) is 51.4 Å². The lowest BCUT2D eigenvalue weighted by Gasteiger charge is -2.26. The number of carbonyl (C=O) groups excluding carboxylic acids is 1. The molecule has 0 aromatic heterocycles. The Morgan fingerprint density at radius 2 is 1.71 bits per heavy atom. The molecule has 4 heteroatoms. The van der Waals surface area contributed by atoms with E-state index >= 15 is 0 Å². The van der Waals surface area contributed by atoms with E-state index in [1.807, 2.05) is 0 Å². The summed E-state index contributed by atoms with van der Waals surface area (Å²) < 4.78 is 5.18. The predicted molar refractivity (Wildman–Crippen MR) is 84.9 cm³/mol. The molecule has 2 aliphatic rings. The molecule has 2 rings (SSSR count). The van der Waals surface area contributed by atoms with Gasteiger partial charge in [-0.15, -0.1) is 0 Å². The number of amides is 1. The second-order valence-corrected chi connectivity index (χ2v) is 6.88. The number of nitrogens with two attached hydrogens (primary N) is 1. The highest BCUT2D eigenvalue weighted by Gasteiger charge is 2.40. The molecule has 0 spiro atoms. The van der Waals surface area contributed by atoms with E-state index < -0.39 is 0 Å². The minimum Gasteiger partial charge on any atom is -0.383 e. The second kappa shape index (κ2) is 8.74. The summed E-state index contributed by atoms with van der Waals surface area (Å²) in [4.78, 5) is 14.2. The Labute approximate surface area is 129 Å². The molecule has 2 N–H and O–H groups in total. The number of ether oxygens (including phenoxy) is 1. The smallest absolute Gasteiger partial charge is 0.222 e. The molecule has 2 atom stereocenters. The molecular weight excluding hydrogens is 264 g/mol. The Hall–Kier alpha value is -0.610. The molecule has 4 nitrogen and oxygen atoms in total. The van der Waals surface area contributed by atoms with Gasteiger partial charge in [-0.25, -0.2) is 0 Å². The summed E-state index contributed by atoms with van der Waals surface area (Å²) in [5.41, 5.74) is 5.69. The van der Waals surface area contributed by atoms with Crippen LogP contribution in [0.15, 0.2) is 0 Å². The van der Waals surface area contributed by atoms with Crippen molar-refractivity contribution in [3.63, 3.8) is 0 Å². The van der Waals surface area contributed by atoms with Crippen molar-refractivity contribution in [1.82, 2.24) is 4.90 Å². The van der Waals surface area contributed by atoms with Crippen LogP contribution in [0.3, 0.4) is 0 Å². The maximum absolute atomic E-state index is 11.9. The third kappa shape index (κ3) is 4.96. The number of carbonyl (C=O) groups is 1. The van der Waals surface area contributed by atoms with Gasteiger partial charge < -0.3 is 10.5 Å². The zero-order valence-electron chi connectivity index (χ0n) is 13.6. The quantitative estimate of drug-likeness (QED) is 0.847. The van der Waals surface area contributed by atoms with Gasteiger partial charge in [0, 0.05) is 26.7 Å². The van der Waals surface area contributed by atoms with E-state index in [9.17, 15) is 4.79 Å². The van der Waals surface area contributed by atoms with Gasteiger partial charge in [0.05, 0.1) is 12.5 Å². The SMILES string of the molecule is COCCN1CC(C(N)=O)C(C2CCCCCCCC2)C1. The molecule has 1 aliphatic heterocycles. The molecule has 1 saturated heterocycles. The molecule has 1 amide bonds. The predicted octanol–water partition coefficient (Wildman–Crippen LogP) is 2.42. The fourth-order valence-electron chi connectivity index (χ4n) is 4.19. The van der Waals surface area contributed by atoms with Crippen LogP contribution in [0.25, 0.3) is 0 Å². The van der Waals surface area contributed by atoms with Crippen LogP contribution < -0.4 is 5.73 Å². The third-order valence-electron chi connectivity index (χ3n) is 5.42. The molecule has 0 radical (unpaired) electrons. The molecule has 122 valence electrons. The van der Waals surface area contributed by atoms with Crippen LogP contribution in [0.2, 0.25) is 0 Å². The van der Waals surface area contributed by atoms with Crippen molar-refractivity contribution in [2.24, 2.45) is 23.5 Å². The largest absolute Gasteiger partial charge is 0.383 e. The molecular formula is C17H32N2O2. The van der Waals surface area contributed by atoms with Crippen LogP contribution in [0.4, 0.5) is 0 Å². The first-order valence-electron chi connectivity index (χ1n) is 8.73. The molecule has 0 aromatic carbocycles. The van der Waals surface area contributed by atoms with Gasteiger partial charge in [0.1, 0.15) is 0 Å². The number of methoxy groups -OCH3 is 1. The van der Waals surface area contributed by atoms with Crippen LogP contribution >= 0.6 is 0 Å². The first-order valence-corrected chi connectivity index (χ1v) is 8.73. The summed E-state index contributed by atoms with van der Waals surface area (Å²) in [7, 11) is 1.73. The minimum atomic E-state index is -0.0974.